The number of para-hydroxylation sites is 1. The maximum atomic E-state index is 12.2. The number of nitrogens with one attached hydrogen (secondary N) is 1. The van der Waals surface area contributed by atoms with Crippen LogP contribution in [0.4, 0.5) is 5.69 Å². The molecule has 0 saturated carbocycles. The summed E-state index contributed by atoms with van der Waals surface area (Å²) >= 11 is 0. The third-order valence-corrected chi connectivity index (χ3v) is 2.47. The summed E-state index contributed by atoms with van der Waals surface area (Å²) in [6.07, 6.45) is 0. The molecule has 0 spiro atoms. The zero-order valence-electron chi connectivity index (χ0n) is 13.0. The number of ether oxygens (including phenoxy) is 2. The predicted molar refractivity (Wildman–Crippen MR) is 80.6 cm³/mol. The molecule has 0 aliphatic carbocycles. The lowest BCUT2D eigenvalue weighted by Crippen LogP contribution is -2.29. The summed E-state index contributed by atoms with van der Waals surface area (Å²) < 4.78 is 9.91. The zero-order chi connectivity index (χ0) is 16.0. The topological polar surface area (TPSA) is 64.6 Å². The average Bonchev–Trinajstić information content (AvgIpc) is 2.37. The van der Waals surface area contributed by atoms with Crippen molar-refractivity contribution in [3.05, 3.63) is 41.6 Å². The van der Waals surface area contributed by atoms with Crippen molar-refractivity contribution in [2.24, 2.45) is 0 Å². The normalized spacial score (nSPS) is 12.2. The summed E-state index contributed by atoms with van der Waals surface area (Å²) in [6.45, 7) is 6.84. The van der Waals surface area contributed by atoms with Crippen LogP contribution in [0.25, 0.3) is 0 Å². The quantitative estimate of drug-likeness (QED) is 0.400. The molecule has 0 aliphatic rings. The second-order valence-electron chi connectivity index (χ2n) is 5.48. The van der Waals surface area contributed by atoms with Gasteiger partial charge < -0.3 is 14.8 Å². The van der Waals surface area contributed by atoms with Gasteiger partial charge in [0.1, 0.15) is 5.60 Å². The molecule has 0 saturated heterocycles. The van der Waals surface area contributed by atoms with Crippen LogP contribution in [0.2, 0.25) is 0 Å². The van der Waals surface area contributed by atoms with Gasteiger partial charge in [0.05, 0.1) is 7.11 Å². The standard InChI is InChI=1S/C16H21NO4/c1-11(17-12-9-7-6-8-10-12)13(14(18)20-5)15(19)21-16(2,3)4/h6-10,17H,1-5H3/b13-11+. The van der Waals surface area contributed by atoms with E-state index in [0.29, 0.717) is 5.70 Å². The van der Waals surface area contributed by atoms with E-state index in [2.05, 4.69) is 10.1 Å². The maximum Gasteiger partial charge on any atom is 0.347 e. The first-order valence-corrected chi connectivity index (χ1v) is 6.59. The van der Waals surface area contributed by atoms with E-state index in [-0.39, 0.29) is 5.57 Å². The van der Waals surface area contributed by atoms with Crippen molar-refractivity contribution in [1.82, 2.24) is 0 Å². The minimum Gasteiger partial charge on any atom is -0.465 e. The van der Waals surface area contributed by atoms with Crippen molar-refractivity contribution < 1.29 is 19.1 Å². The highest BCUT2D eigenvalue weighted by Gasteiger charge is 2.27. The highest BCUT2D eigenvalue weighted by molar-refractivity contribution is 6.15. The second-order valence-corrected chi connectivity index (χ2v) is 5.48. The molecule has 0 amide bonds. The number of rotatable bonds is 4. The number of methoxy groups -OCH3 is 1. The van der Waals surface area contributed by atoms with Gasteiger partial charge in [-0.1, -0.05) is 18.2 Å². The lowest BCUT2D eigenvalue weighted by Gasteiger charge is -2.21. The van der Waals surface area contributed by atoms with Gasteiger partial charge in [-0.3, -0.25) is 0 Å². The molecule has 1 N–H and O–H groups in total. The Morgan fingerprint density at radius 2 is 1.62 bits per heavy atom. The molecule has 5 nitrogen and oxygen atoms in total. The zero-order valence-corrected chi connectivity index (χ0v) is 13.0. The monoisotopic (exact) mass is 291 g/mol. The molecule has 1 aromatic rings. The van der Waals surface area contributed by atoms with E-state index < -0.39 is 17.5 Å². The Hall–Kier alpha value is -2.30. The fourth-order valence-corrected chi connectivity index (χ4v) is 1.62. The molecule has 1 rings (SSSR count). The van der Waals surface area contributed by atoms with Crippen molar-refractivity contribution >= 4 is 17.6 Å². The van der Waals surface area contributed by atoms with E-state index in [1.807, 2.05) is 30.3 Å². The van der Waals surface area contributed by atoms with Gasteiger partial charge in [-0.2, -0.15) is 0 Å². The van der Waals surface area contributed by atoms with Crippen molar-refractivity contribution in [2.45, 2.75) is 33.3 Å². The van der Waals surface area contributed by atoms with E-state index in [1.54, 1.807) is 27.7 Å². The number of anilines is 1. The number of esters is 2. The molecule has 0 atom stereocenters. The lowest BCUT2D eigenvalue weighted by atomic mass is 10.1. The van der Waals surface area contributed by atoms with Crippen LogP contribution in [0.1, 0.15) is 27.7 Å². The van der Waals surface area contributed by atoms with Crippen LogP contribution in [-0.2, 0) is 19.1 Å². The van der Waals surface area contributed by atoms with Gasteiger partial charge in [-0.25, -0.2) is 9.59 Å². The summed E-state index contributed by atoms with van der Waals surface area (Å²) in [5.41, 5.74) is 0.308. The molecule has 0 bridgehead atoms. The lowest BCUT2D eigenvalue weighted by molar-refractivity contribution is -0.153. The van der Waals surface area contributed by atoms with Crippen LogP contribution in [0.3, 0.4) is 0 Å². The van der Waals surface area contributed by atoms with E-state index >= 15 is 0 Å². The van der Waals surface area contributed by atoms with Gasteiger partial charge in [0.25, 0.3) is 0 Å². The highest BCUT2D eigenvalue weighted by atomic mass is 16.6. The number of carbonyl (C=O) groups excluding carboxylic acids is 2. The Balaban J connectivity index is 3.08. The van der Waals surface area contributed by atoms with Gasteiger partial charge in [-0.05, 0) is 39.8 Å². The minimum atomic E-state index is -0.731. The molecule has 0 heterocycles. The number of carbonyl (C=O) groups is 2. The molecule has 0 fully saturated rings. The summed E-state index contributed by atoms with van der Waals surface area (Å²) in [5, 5.41) is 3.00. The van der Waals surface area contributed by atoms with Crippen LogP contribution in [0, 0.1) is 0 Å². The molecule has 0 aliphatic heterocycles. The molecular formula is C16H21NO4. The van der Waals surface area contributed by atoms with Gasteiger partial charge in [0.2, 0.25) is 0 Å². The first-order chi connectivity index (χ1) is 9.74. The SMILES string of the molecule is COC(=O)/C(C(=O)OC(C)(C)C)=C(/C)Nc1ccccc1. The van der Waals surface area contributed by atoms with Gasteiger partial charge in [0, 0.05) is 11.4 Å². The van der Waals surface area contributed by atoms with E-state index in [1.165, 1.54) is 7.11 Å². The molecule has 1 aromatic carbocycles. The number of benzene rings is 1. The second kappa shape index (κ2) is 6.92. The van der Waals surface area contributed by atoms with Crippen LogP contribution in [0.5, 0.6) is 0 Å². The van der Waals surface area contributed by atoms with Crippen LogP contribution in [-0.4, -0.2) is 24.6 Å². The first-order valence-electron chi connectivity index (χ1n) is 6.59. The fourth-order valence-electron chi connectivity index (χ4n) is 1.62. The smallest absolute Gasteiger partial charge is 0.347 e. The first kappa shape index (κ1) is 16.8. The molecule has 114 valence electrons. The summed E-state index contributed by atoms with van der Waals surface area (Å²) in [6, 6.07) is 9.22. The van der Waals surface area contributed by atoms with E-state index in [4.69, 9.17) is 4.74 Å². The Kier molecular flexibility index (Phi) is 5.52. The van der Waals surface area contributed by atoms with Crippen LogP contribution >= 0.6 is 0 Å². The molecule has 5 heteroatoms. The molecule has 0 radical (unpaired) electrons. The van der Waals surface area contributed by atoms with Crippen molar-refractivity contribution in [1.29, 1.82) is 0 Å². The van der Waals surface area contributed by atoms with Gasteiger partial charge in [-0.15, -0.1) is 0 Å². The third-order valence-electron chi connectivity index (χ3n) is 2.47. The van der Waals surface area contributed by atoms with Crippen molar-refractivity contribution in [2.75, 3.05) is 12.4 Å². The third kappa shape index (κ3) is 5.30. The van der Waals surface area contributed by atoms with Gasteiger partial charge in [0.15, 0.2) is 5.57 Å². The average molecular weight is 291 g/mol. The summed E-state index contributed by atoms with van der Waals surface area (Å²) in [4.78, 5) is 24.0. The Bertz CT molecular complexity index is 541. The predicted octanol–water partition coefficient (Wildman–Crippen LogP) is 2.89. The minimum absolute atomic E-state index is 0.142. The van der Waals surface area contributed by atoms with Gasteiger partial charge >= 0.3 is 11.9 Å². The van der Waals surface area contributed by atoms with Crippen molar-refractivity contribution in [3.8, 4) is 0 Å². The molecule has 0 aromatic heterocycles. The fraction of sp³-hybridized carbons (Fsp3) is 0.375. The summed E-state index contributed by atoms with van der Waals surface area (Å²) in [7, 11) is 1.22. The van der Waals surface area contributed by atoms with Crippen LogP contribution in [0.15, 0.2) is 41.6 Å². The number of hydrogen-bond acceptors (Lipinski definition) is 5. The van der Waals surface area contributed by atoms with E-state index in [9.17, 15) is 9.59 Å². The number of allylic oxidation sites excluding steroid dienone is 1. The highest BCUT2D eigenvalue weighted by Crippen LogP contribution is 2.17. The van der Waals surface area contributed by atoms with E-state index in [0.717, 1.165) is 5.69 Å². The number of hydrogen-bond donors (Lipinski definition) is 1. The largest absolute Gasteiger partial charge is 0.465 e. The maximum absolute atomic E-state index is 12.2. The van der Waals surface area contributed by atoms with Crippen molar-refractivity contribution in [3.63, 3.8) is 0 Å². The summed E-state index contributed by atoms with van der Waals surface area (Å²) in [5.74, 6) is -1.44. The molecule has 0 unspecified atom stereocenters. The molecule has 21 heavy (non-hydrogen) atoms. The Labute approximate surface area is 124 Å². The Morgan fingerprint density at radius 1 is 1.05 bits per heavy atom. The molecular weight excluding hydrogens is 270 g/mol. The Morgan fingerprint density at radius 3 is 2.10 bits per heavy atom. The van der Waals surface area contributed by atoms with Crippen LogP contribution < -0.4 is 5.32 Å².